The third-order valence-corrected chi connectivity index (χ3v) is 4.26. The van der Waals surface area contributed by atoms with Gasteiger partial charge in [-0.25, -0.2) is 4.79 Å². The molecule has 0 amide bonds. The first kappa shape index (κ1) is 12.2. The van der Waals surface area contributed by atoms with Crippen LogP contribution in [0.15, 0.2) is 10.5 Å². The number of fused-ring (bicyclic) bond motifs is 1. The summed E-state index contributed by atoms with van der Waals surface area (Å²) in [5.41, 5.74) is 1.17. The van der Waals surface area contributed by atoms with Crippen molar-refractivity contribution in [1.29, 1.82) is 0 Å². The Kier molecular flexibility index (Phi) is 3.02. The predicted octanol–water partition coefficient (Wildman–Crippen LogP) is 2.99. The largest absolute Gasteiger partial charge is 0.476 e. The minimum absolute atomic E-state index is 0.0152. The second kappa shape index (κ2) is 4.70. The molecule has 3 rings (SSSR count). The van der Waals surface area contributed by atoms with E-state index in [0.29, 0.717) is 12.5 Å². The van der Waals surface area contributed by atoms with Crippen LogP contribution >= 0.6 is 11.3 Å². The molecule has 0 saturated carbocycles. The van der Waals surface area contributed by atoms with E-state index in [1.165, 1.54) is 16.9 Å². The number of aryl methyl sites for hydroxylation is 2. The van der Waals surface area contributed by atoms with Crippen molar-refractivity contribution in [3.8, 4) is 16.7 Å². The van der Waals surface area contributed by atoms with E-state index in [9.17, 15) is 4.79 Å². The van der Waals surface area contributed by atoms with Crippen molar-refractivity contribution in [2.75, 3.05) is 6.61 Å². The molecule has 2 aromatic heterocycles. The van der Waals surface area contributed by atoms with Crippen molar-refractivity contribution >= 4 is 17.3 Å². The Morgan fingerprint density at radius 3 is 3.11 bits per heavy atom. The highest BCUT2D eigenvalue weighted by atomic mass is 32.1. The van der Waals surface area contributed by atoms with E-state index in [0.717, 1.165) is 17.7 Å². The van der Waals surface area contributed by atoms with E-state index in [1.807, 2.05) is 6.07 Å². The molecule has 0 spiro atoms. The van der Waals surface area contributed by atoms with Crippen molar-refractivity contribution in [2.45, 2.75) is 26.2 Å². The average Bonchev–Trinajstić information content (AvgIpc) is 2.99. The second-order valence-corrected chi connectivity index (χ2v) is 5.44. The van der Waals surface area contributed by atoms with E-state index in [2.05, 4.69) is 4.98 Å². The van der Waals surface area contributed by atoms with E-state index in [1.54, 1.807) is 18.3 Å². The zero-order valence-electron chi connectivity index (χ0n) is 10.4. The number of aromatic nitrogens is 1. The van der Waals surface area contributed by atoms with Gasteiger partial charge in [-0.05, 0) is 37.8 Å². The number of ether oxygens (including phenoxy) is 1. The van der Waals surface area contributed by atoms with Gasteiger partial charge in [0.2, 0.25) is 11.6 Å². The molecule has 5 nitrogen and oxygen atoms in total. The van der Waals surface area contributed by atoms with Crippen LogP contribution in [0, 0.1) is 0 Å². The highest BCUT2D eigenvalue weighted by molar-refractivity contribution is 7.15. The number of hydrogen-bond donors (Lipinski definition) is 1. The normalized spacial score (nSPS) is 13.5. The van der Waals surface area contributed by atoms with E-state index < -0.39 is 5.97 Å². The molecule has 100 valence electrons. The lowest BCUT2D eigenvalue weighted by molar-refractivity contribution is 0.0683. The summed E-state index contributed by atoms with van der Waals surface area (Å²) in [4.78, 5) is 17.3. The summed E-state index contributed by atoms with van der Waals surface area (Å²) in [6, 6.07) is 2.04. The molecular formula is C13H13NO4S. The molecule has 1 aliphatic rings. The molecule has 19 heavy (non-hydrogen) atoms. The van der Waals surface area contributed by atoms with Crippen LogP contribution in [0.4, 0.5) is 0 Å². The SMILES string of the molecule is CCOc1oc(-c2cc3c(s2)CCC3)nc1C(=O)O. The van der Waals surface area contributed by atoms with E-state index in [-0.39, 0.29) is 11.6 Å². The second-order valence-electron chi connectivity index (χ2n) is 4.31. The van der Waals surface area contributed by atoms with Gasteiger partial charge >= 0.3 is 11.9 Å². The maximum absolute atomic E-state index is 11.1. The number of nitrogens with zero attached hydrogens (tertiary/aromatic N) is 1. The fraction of sp³-hybridized carbons (Fsp3) is 0.385. The van der Waals surface area contributed by atoms with Crippen molar-refractivity contribution in [1.82, 2.24) is 4.98 Å². The monoisotopic (exact) mass is 279 g/mol. The van der Waals surface area contributed by atoms with Crippen LogP contribution in [0.1, 0.15) is 34.3 Å². The Balaban J connectivity index is 2.00. The lowest BCUT2D eigenvalue weighted by Gasteiger charge is -1.96. The summed E-state index contributed by atoms with van der Waals surface area (Å²) in [6.45, 7) is 2.11. The van der Waals surface area contributed by atoms with Gasteiger partial charge in [0.25, 0.3) is 0 Å². The number of aromatic carboxylic acids is 1. The number of carboxylic acid groups (broad SMARTS) is 1. The summed E-state index contributed by atoms with van der Waals surface area (Å²) >= 11 is 1.62. The number of rotatable bonds is 4. The van der Waals surface area contributed by atoms with Gasteiger partial charge in [0.15, 0.2) is 0 Å². The maximum Gasteiger partial charge on any atom is 0.362 e. The first-order valence-electron chi connectivity index (χ1n) is 6.18. The number of hydrogen-bond acceptors (Lipinski definition) is 5. The molecule has 0 unspecified atom stereocenters. The van der Waals surface area contributed by atoms with Crippen LogP contribution in [0.3, 0.4) is 0 Å². The average molecular weight is 279 g/mol. The molecule has 2 heterocycles. The Labute approximate surface area is 113 Å². The first-order chi connectivity index (χ1) is 9.19. The van der Waals surface area contributed by atoms with Crippen LogP contribution in [0.25, 0.3) is 10.8 Å². The van der Waals surface area contributed by atoms with Crippen molar-refractivity contribution in [2.24, 2.45) is 0 Å². The molecule has 0 atom stereocenters. The van der Waals surface area contributed by atoms with E-state index >= 15 is 0 Å². The Morgan fingerprint density at radius 2 is 2.42 bits per heavy atom. The van der Waals surface area contributed by atoms with Gasteiger partial charge in [-0.3, -0.25) is 0 Å². The quantitative estimate of drug-likeness (QED) is 0.931. The number of oxazole rings is 1. The van der Waals surface area contributed by atoms with Gasteiger partial charge in [0, 0.05) is 4.88 Å². The summed E-state index contributed by atoms with van der Waals surface area (Å²) in [5.74, 6) is -0.818. The zero-order valence-corrected chi connectivity index (χ0v) is 11.2. The summed E-state index contributed by atoms with van der Waals surface area (Å²) in [7, 11) is 0. The smallest absolute Gasteiger partial charge is 0.362 e. The fourth-order valence-electron chi connectivity index (χ4n) is 2.21. The summed E-state index contributed by atoms with van der Waals surface area (Å²) in [6.07, 6.45) is 3.36. The highest BCUT2D eigenvalue weighted by Crippen LogP contribution is 2.38. The standard InChI is InChI=1S/C13H13NO4S/c1-2-17-13-10(12(15)16)14-11(18-13)9-6-7-4-3-5-8(7)19-9/h6H,2-5H2,1H3,(H,15,16). The lowest BCUT2D eigenvalue weighted by Crippen LogP contribution is -2.01. The first-order valence-corrected chi connectivity index (χ1v) is 6.99. The predicted molar refractivity (Wildman–Crippen MR) is 70.0 cm³/mol. The Morgan fingerprint density at radius 1 is 1.58 bits per heavy atom. The molecule has 0 bridgehead atoms. The number of thiophene rings is 1. The molecule has 0 aliphatic heterocycles. The maximum atomic E-state index is 11.1. The molecule has 6 heteroatoms. The van der Waals surface area contributed by atoms with Gasteiger partial charge in [-0.1, -0.05) is 0 Å². The van der Waals surface area contributed by atoms with Crippen LogP contribution in [-0.4, -0.2) is 22.7 Å². The van der Waals surface area contributed by atoms with Gasteiger partial charge in [0.05, 0.1) is 11.5 Å². The van der Waals surface area contributed by atoms with Gasteiger partial charge in [-0.2, -0.15) is 4.98 Å². The molecule has 2 aromatic rings. The molecule has 1 N–H and O–H groups in total. The zero-order chi connectivity index (χ0) is 13.4. The lowest BCUT2D eigenvalue weighted by atomic mass is 10.2. The topological polar surface area (TPSA) is 72.6 Å². The number of carbonyl (C=O) groups is 1. The fourth-order valence-corrected chi connectivity index (χ4v) is 3.39. The van der Waals surface area contributed by atoms with Crippen LogP contribution in [0.5, 0.6) is 5.95 Å². The minimum atomic E-state index is -1.14. The van der Waals surface area contributed by atoms with Gasteiger partial charge in [0.1, 0.15) is 0 Å². The van der Waals surface area contributed by atoms with Gasteiger partial charge in [-0.15, -0.1) is 11.3 Å². The molecule has 0 fully saturated rings. The summed E-state index contributed by atoms with van der Waals surface area (Å²) < 4.78 is 10.6. The van der Waals surface area contributed by atoms with Crippen molar-refractivity contribution in [3.63, 3.8) is 0 Å². The molecular weight excluding hydrogens is 266 g/mol. The van der Waals surface area contributed by atoms with Crippen LogP contribution in [-0.2, 0) is 12.8 Å². The molecule has 0 radical (unpaired) electrons. The Bertz CT molecular complexity index is 607. The third kappa shape index (κ3) is 2.12. The van der Waals surface area contributed by atoms with Gasteiger partial charge < -0.3 is 14.3 Å². The summed E-state index contributed by atoms with van der Waals surface area (Å²) in [5, 5.41) is 9.07. The molecule has 0 saturated heterocycles. The van der Waals surface area contributed by atoms with Crippen molar-refractivity contribution in [3.05, 3.63) is 22.2 Å². The van der Waals surface area contributed by atoms with Crippen LogP contribution < -0.4 is 4.74 Å². The minimum Gasteiger partial charge on any atom is -0.476 e. The highest BCUT2D eigenvalue weighted by Gasteiger charge is 2.24. The molecule has 1 aliphatic carbocycles. The third-order valence-electron chi connectivity index (χ3n) is 3.03. The number of carboxylic acids is 1. The van der Waals surface area contributed by atoms with E-state index in [4.69, 9.17) is 14.3 Å². The Hall–Kier alpha value is -1.82. The van der Waals surface area contributed by atoms with Crippen molar-refractivity contribution < 1.29 is 19.1 Å². The van der Waals surface area contributed by atoms with Crippen LogP contribution in [0.2, 0.25) is 0 Å². The molecule has 0 aromatic carbocycles.